The number of aryl methyl sites for hydroxylation is 1. The first kappa shape index (κ1) is 13.6. The molecule has 1 amide bonds. The van der Waals surface area contributed by atoms with Crippen molar-refractivity contribution in [1.29, 1.82) is 0 Å². The summed E-state index contributed by atoms with van der Waals surface area (Å²) in [4.78, 5) is 13.1. The fourth-order valence-electron chi connectivity index (χ4n) is 1.83. The van der Waals surface area contributed by atoms with Gasteiger partial charge in [-0.1, -0.05) is 12.1 Å². The SMILES string of the molecule is CCN(CCCNC(C)=O)c1cccc(C)c1. The minimum Gasteiger partial charge on any atom is -0.372 e. The monoisotopic (exact) mass is 234 g/mol. The molecule has 0 aliphatic rings. The van der Waals surface area contributed by atoms with Gasteiger partial charge in [-0.2, -0.15) is 0 Å². The maximum Gasteiger partial charge on any atom is 0.216 e. The van der Waals surface area contributed by atoms with Gasteiger partial charge in [-0.15, -0.1) is 0 Å². The number of hydrogen-bond donors (Lipinski definition) is 1. The highest BCUT2D eigenvalue weighted by Gasteiger charge is 2.03. The molecule has 0 saturated carbocycles. The van der Waals surface area contributed by atoms with Gasteiger partial charge in [0, 0.05) is 32.2 Å². The maximum atomic E-state index is 10.7. The fraction of sp³-hybridized carbons (Fsp3) is 0.500. The summed E-state index contributed by atoms with van der Waals surface area (Å²) in [5.74, 6) is 0.0450. The second-order valence-electron chi connectivity index (χ2n) is 4.26. The summed E-state index contributed by atoms with van der Waals surface area (Å²) in [6, 6.07) is 8.52. The first-order valence-electron chi connectivity index (χ1n) is 6.19. The van der Waals surface area contributed by atoms with Crippen molar-refractivity contribution >= 4 is 11.6 Å². The number of rotatable bonds is 6. The van der Waals surface area contributed by atoms with E-state index in [0.29, 0.717) is 0 Å². The molecule has 0 aliphatic heterocycles. The van der Waals surface area contributed by atoms with Crippen LogP contribution in [-0.4, -0.2) is 25.5 Å². The molecule has 0 atom stereocenters. The van der Waals surface area contributed by atoms with E-state index in [-0.39, 0.29) is 5.91 Å². The van der Waals surface area contributed by atoms with Crippen molar-refractivity contribution in [2.24, 2.45) is 0 Å². The summed E-state index contributed by atoms with van der Waals surface area (Å²) in [5.41, 5.74) is 2.54. The van der Waals surface area contributed by atoms with E-state index in [2.05, 4.69) is 48.3 Å². The van der Waals surface area contributed by atoms with Crippen LogP contribution in [0.2, 0.25) is 0 Å². The summed E-state index contributed by atoms with van der Waals surface area (Å²) in [7, 11) is 0. The van der Waals surface area contributed by atoms with Gasteiger partial charge >= 0.3 is 0 Å². The molecule has 0 bridgehead atoms. The zero-order valence-electron chi connectivity index (χ0n) is 11.0. The Hall–Kier alpha value is -1.51. The zero-order valence-corrected chi connectivity index (χ0v) is 11.0. The van der Waals surface area contributed by atoms with Crippen LogP contribution in [0.1, 0.15) is 25.8 Å². The van der Waals surface area contributed by atoms with E-state index < -0.39 is 0 Å². The number of amides is 1. The standard InChI is InChI=1S/C14H22N2O/c1-4-16(10-6-9-15-13(3)17)14-8-5-7-12(2)11-14/h5,7-8,11H,4,6,9-10H2,1-3H3,(H,15,17). The number of nitrogens with zero attached hydrogens (tertiary/aromatic N) is 1. The van der Waals surface area contributed by atoms with Crippen LogP contribution in [0.4, 0.5) is 5.69 Å². The lowest BCUT2D eigenvalue weighted by Gasteiger charge is -2.23. The van der Waals surface area contributed by atoms with Gasteiger partial charge in [-0.05, 0) is 38.0 Å². The van der Waals surface area contributed by atoms with Crippen molar-refractivity contribution in [1.82, 2.24) is 5.32 Å². The Morgan fingerprint density at radius 3 is 2.76 bits per heavy atom. The van der Waals surface area contributed by atoms with Crippen LogP contribution in [0.15, 0.2) is 24.3 Å². The van der Waals surface area contributed by atoms with Crippen LogP contribution >= 0.6 is 0 Å². The molecule has 0 aromatic heterocycles. The van der Waals surface area contributed by atoms with E-state index >= 15 is 0 Å². The van der Waals surface area contributed by atoms with Gasteiger partial charge in [0.2, 0.25) is 5.91 Å². The fourth-order valence-corrected chi connectivity index (χ4v) is 1.83. The minimum absolute atomic E-state index is 0.0450. The first-order valence-corrected chi connectivity index (χ1v) is 6.19. The van der Waals surface area contributed by atoms with Crippen LogP contribution in [0.25, 0.3) is 0 Å². The van der Waals surface area contributed by atoms with Crippen molar-refractivity contribution in [3.05, 3.63) is 29.8 Å². The summed E-state index contributed by atoms with van der Waals surface area (Å²) < 4.78 is 0. The Balaban J connectivity index is 2.45. The van der Waals surface area contributed by atoms with Crippen molar-refractivity contribution in [2.75, 3.05) is 24.5 Å². The molecule has 1 aromatic rings. The zero-order chi connectivity index (χ0) is 12.7. The number of anilines is 1. The quantitative estimate of drug-likeness (QED) is 0.766. The third kappa shape index (κ3) is 4.89. The van der Waals surface area contributed by atoms with Gasteiger partial charge in [-0.25, -0.2) is 0 Å². The lowest BCUT2D eigenvalue weighted by atomic mass is 10.2. The van der Waals surface area contributed by atoms with E-state index in [1.165, 1.54) is 11.3 Å². The second-order valence-corrected chi connectivity index (χ2v) is 4.26. The molecule has 3 nitrogen and oxygen atoms in total. The second kappa shape index (κ2) is 6.94. The molecule has 1 N–H and O–H groups in total. The lowest BCUT2D eigenvalue weighted by Crippen LogP contribution is -2.28. The number of carbonyl (C=O) groups excluding carboxylic acids is 1. The topological polar surface area (TPSA) is 32.3 Å². The Labute approximate surface area is 104 Å². The predicted octanol–water partition coefficient (Wildman–Crippen LogP) is 2.35. The van der Waals surface area contributed by atoms with E-state index in [4.69, 9.17) is 0 Å². The summed E-state index contributed by atoms with van der Waals surface area (Å²) in [5, 5.41) is 2.82. The molecule has 0 heterocycles. The predicted molar refractivity (Wildman–Crippen MR) is 72.4 cm³/mol. The van der Waals surface area contributed by atoms with E-state index in [9.17, 15) is 4.79 Å². The largest absolute Gasteiger partial charge is 0.372 e. The molecule has 1 aromatic carbocycles. The molecule has 0 unspecified atom stereocenters. The summed E-state index contributed by atoms with van der Waals surface area (Å²) in [6.07, 6.45) is 0.974. The van der Waals surface area contributed by atoms with Crippen molar-refractivity contribution in [2.45, 2.75) is 27.2 Å². The Bertz CT molecular complexity index is 363. The van der Waals surface area contributed by atoms with Crippen molar-refractivity contribution in [3.63, 3.8) is 0 Å². The minimum atomic E-state index is 0.0450. The molecule has 0 fully saturated rings. The average Bonchev–Trinajstić information content (AvgIpc) is 2.29. The normalized spacial score (nSPS) is 10.1. The molecular weight excluding hydrogens is 212 g/mol. The van der Waals surface area contributed by atoms with Crippen molar-refractivity contribution < 1.29 is 4.79 Å². The molecule has 0 saturated heterocycles. The molecule has 0 aliphatic carbocycles. The highest BCUT2D eigenvalue weighted by molar-refractivity contribution is 5.72. The summed E-state index contributed by atoms with van der Waals surface area (Å²) >= 11 is 0. The summed E-state index contributed by atoms with van der Waals surface area (Å²) in [6.45, 7) is 8.52. The van der Waals surface area contributed by atoms with Gasteiger partial charge in [-0.3, -0.25) is 4.79 Å². The molecule has 3 heteroatoms. The molecular formula is C14H22N2O. The van der Waals surface area contributed by atoms with E-state index in [0.717, 1.165) is 26.1 Å². The smallest absolute Gasteiger partial charge is 0.216 e. The molecule has 0 radical (unpaired) electrons. The number of benzene rings is 1. The Morgan fingerprint density at radius 1 is 1.41 bits per heavy atom. The molecule has 1 rings (SSSR count). The van der Waals surface area contributed by atoms with Gasteiger partial charge in [0.1, 0.15) is 0 Å². The van der Waals surface area contributed by atoms with Gasteiger partial charge in [0.25, 0.3) is 0 Å². The van der Waals surface area contributed by atoms with Crippen LogP contribution < -0.4 is 10.2 Å². The highest BCUT2D eigenvalue weighted by atomic mass is 16.1. The van der Waals surface area contributed by atoms with Gasteiger partial charge in [0.15, 0.2) is 0 Å². The maximum absolute atomic E-state index is 10.7. The third-order valence-electron chi connectivity index (χ3n) is 2.73. The number of nitrogens with one attached hydrogen (secondary N) is 1. The Morgan fingerprint density at radius 2 is 2.18 bits per heavy atom. The number of hydrogen-bond acceptors (Lipinski definition) is 2. The van der Waals surface area contributed by atoms with Gasteiger partial charge in [0.05, 0.1) is 0 Å². The van der Waals surface area contributed by atoms with Crippen LogP contribution in [0.3, 0.4) is 0 Å². The molecule has 0 spiro atoms. The van der Waals surface area contributed by atoms with Gasteiger partial charge < -0.3 is 10.2 Å². The Kier molecular flexibility index (Phi) is 5.53. The molecule has 17 heavy (non-hydrogen) atoms. The first-order chi connectivity index (χ1) is 8.13. The highest BCUT2D eigenvalue weighted by Crippen LogP contribution is 2.15. The van der Waals surface area contributed by atoms with Crippen LogP contribution in [-0.2, 0) is 4.79 Å². The van der Waals surface area contributed by atoms with Crippen LogP contribution in [0, 0.1) is 6.92 Å². The molecule has 94 valence electrons. The van der Waals surface area contributed by atoms with E-state index in [1.54, 1.807) is 6.92 Å². The average molecular weight is 234 g/mol. The lowest BCUT2D eigenvalue weighted by molar-refractivity contribution is -0.118. The third-order valence-corrected chi connectivity index (χ3v) is 2.73. The van der Waals surface area contributed by atoms with Crippen molar-refractivity contribution in [3.8, 4) is 0 Å². The number of carbonyl (C=O) groups is 1. The van der Waals surface area contributed by atoms with Crippen LogP contribution in [0.5, 0.6) is 0 Å². The van der Waals surface area contributed by atoms with E-state index in [1.807, 2.05) is 0 Å².